The average molecular weight is 443 g/mol. The molecular weight excluding hydrogens is 424 g/mol. The highest BCUT2D eigenvalue weighted by Gasteiger charge is 2.35. The minimum absolute atomic E-state index is 0.103. The van der Waals surface area contributed by atoms with Crippen molar-refractivity contribution in [2.75, 3.05) is 6.54 Å². The van der Waals surface area contributed by atoms with Crippen LogP contribution >= 0.6 is 12.2 Å². The van der Waals surface area contributed by atoms with Gasteiger partial charge in [0, 0.05) is 46.4 Å². The van der Waals surface area contributed by atoms with Crippen molar-refractivity contribution >= 4 is 62.1 Å². The first-order chi connectivity index (χ1) is 15.6. The number of aromatic hydroxyl groups is 1. The van der Waals surface area contributed by atoms with Gasteiger partial charge in [0.25, 0.3) is 11.8 Å². The Morgan fingerprint density at radius 1 is 1.00 bits per heavy atom. The van der Waals surface area contributed by atoms with Crippen molar-refractivity contribution in [3.05, 3.63) is 66.0 Å². The maximum atomic E-state index is 13.0. The third-order valence-corrected chi connectivity index (χ3v) is 5.80. The Labute approximate surface area is 188 Å². The second-order valence-electron chi connectivity index (χ2n) is 7.52. The molecule has 5 rings (SSSR count). The fraction of sp³-hybridized carbons (Fsp3) is 0.125. The maximum absolute atomic E-state index is 13.0. The number of aromatic nitrogens is 2. The number of carbonyl (C=O) groups excluding carboxylic acids is 2. The van der Waals surface area contributed by atoms with E-state index in [1.54, 1.807) is 18.3 Å². The summed E-state index contributed by atoms with van der Waals surface area (Å²) < 4.78 is 1.88. The van der Waals surface area contributed by atoms with Crippen molar-refractivity contribution in [3.63, 3.8) is 0 Å². The number of aromatic amines is 1. The van der Waals surface area contributed by atoms with E-state index in [1.807, 2.05) is 41.1 Å². The predicted octanol–water partition coefficient (Wildman–Crippen LogP) is 3.89. The minimum Gasteiger partial charge on any atom is -0.506 e. The zero-order valence-electron chi connectivity index (χ0n) is 16.9. The van der Waals surface area contributed by atoms with Gasteiger partial charge < -0.3 is 14.7 Å². The number of benzene rings is 2. The summed E-state index contributed by atoms with van der Waals surface area (Å²) in [6, 6.07) is 12.8. The Bertz CT molecular complexity index is 1490. The minimum atomic E-state index is -0.456. The fourth-order valence-corrected chi connectivity index (χ4v) is 4.42. The van der Waals surface area contributed by atoms with Crippen LogP contribution in [-0.2, 0) is 16.1 Å². The third kappa shape index (κ3) is 3.13. The van der Waals surface area contributed by atoms with Gasteiger partial charge in [-0.1, -0.05) is 30.3 Å². The van der Waals surface area contributed by atoms with Crippen molar-refractivity contribution in [3.8, 4) is 5.75 Å². The Hall–Kier alpha value is -4.00. The highest BCUT2D eigenvalue weighted by molar-refractivity contribution is 7.78. The number of thiocarbonyl (C=S) groups is 1. The highest BCUT2D eigenvalue weighted by atomic mass is 32.1. The van der Waals surface area contributed by atoms with Crippen LogP contribution in [0.15, 0.2) is 59.9 Å². The quantitative estimate of drug-likeness (QED) is 0.183. The van der Waals surface area contributed by atoms with Crippen LogP contribution in [0.25, 0.3) is 33.0 Å². The number of amides is 2. The summed E-state index contributed by atoms with van der Waals surface area (Å²) >= 11 is 4.62. The number of phenols is 1. The first kappa shape index (κ1) is 19.9. The Morgan fingerprint density at radius 2 is 1.75 bits per heavy atom. The van der Waals surface area contributed by atoms with Gasteiger partial charge in [0.05, 0.1) is 28.4 Å². The monoisotopic (exact) mass is 442 g/mol. The maximum Gasteiger partial charge on any atom is 0.259 e. The van der Waals surface area contributed by atoms with Crippen LogP contribution in [0.2, 0.25) is 0 Å². The molecule has 0 fully saturated rings. The molecule has 1 aliphatic heterocycles. The van der Waals surface area contributed by atoms with Crippen molar-refractivity contribution in [2.24, 2.45) is 4.99 Å². The van der Waals surface area contributed by atoms with Crippen LogP contribution in [-0.4, -0.2) is 38.2 Å². The lowest BCUT2D eigenvalue weighted by Crippen LogP contribution is -2.22. The van der Waals surface area contributed by atoms with Gasteiger partial charge in [0.1, 0.15) is 5.75 Å². The van der Waals surface area contributed by atoms with Gasteiger partial charge in [0.15, 0.2) is 0 Å². The molecule has 4 aromatic rings. The number of nitrogens with one attached hydrogen (secondary N) is 2. The van der Waals surface area contributed by atoms with Crippen molar-refractivity contribution in [1.82, 2.24) is 14.9 Å². The summed E-state index contributed by atoms with van der Waals surface area (Å²) in [6.07, 6.45) is 4.24. The third-order valence-electron chi connectivity index (χ3n) is 5.67. The number of aliphatic imine (C=N–C) groups is 1. The van der Waals surface area contributed by atoms with E-state index in [9.17, 15) is 14.7 Å². The molecular formula is C24H18N4O3S. The largest absolute Gasteiger partial charge is 0.506 e. The van der Waals surface area contributed by atoms with E-state index in [0.29, 0.717) is 52.7 Å². The molecule has 32 heavy (non-hydrogen) atoms. The highest BCUT2D eigenvalue weighted by Crippen LogP contribution is 2.40. The van der Waals surface area contributed by atoms with E-state index in [2.05, 4.69) is 32.7 Å². The number of carbonyl (C=O) groups is 2. The molecule has 0 atom stereocenters. The van der Waals surface area contributed by atoms with E-state index in [0.717, 1.165) is 10.9 Å². The standard InChI is InChI=1S/C24H18N4O3S/c29-19-8-3-6-15-17(12-28(22(15)19)10-4-9-25-13-32)21-20(23(30)27-24(21)31)16-11-26-18-7-2-1-5-14(16)18/h1-3,5-8,11-12,26,29H,4,9-10H2,(H,27,30,31). The predicted molar refractivity (Wildman–Crippen MR) is 126 cm³/mol. The molecule has 3 N–H and O–H groups in total. The van der Waals surface area contributed by atoms with Crippen molar-refractivity contribution in [2.45, 2.75) is 13.0 Å². The number of H-pyrrole nitrogens is 1. The number of nitrogens with zero attached hydrogens (tertiary/aromatic N) is 2. The Morgan fingerprint density at radius 3 is 2.56 bits per heavy atom. The topological polar surface area (TPSA) is 99.5 Å². The van der Waals surface area contributed by atoms with Crippen LogP contribution in [0.3, 0.4) is 0 Å². The Balaban J connectivity index is 1.74. The normalized spacial score (nSPS) is 13.8. The van der Waals surface area contributed by atoms with E-state index in [4.69, 9.17) is 0 Å². The fourth-order valence-electron chi connectivity index (χ4n) is 4.33. The van der Waals surface area contributed by atoms with Gasteiger partial charge in [0.2, 0.25) is 0 Å². The van der Waals surface area contributed by atoms with Gasteiger partial charge in [-0.05, 0) is 30.8 Å². The van der Waals surface area contributed by atoms with Crippen LogP contribution in [0.5, 0.6) is 5.75 Å². The van der Waals surface area contributed by atoms with Crippen molar-refractivity contribution < 1.29 is 14.7 Å². The summed E-state index contributed by atoms with van der Waals surface area (Å²) in [5, 5.41) is 16.9. The van der Waals surface area contributed by atoms with Crippen LogP contribution < -0.4 is 5.32 Å². The number of rotatable bonds is 6. The number of isothiocyanates is 1. The summed E-state index contributed by atoms with van der Waals surface area (Å²) in [5.41, 5.74) is 3.35. The second kappa shape index (κ2) is 7.92. The van der Waals surface area contributed by atoms with Gasteiger partial charge in [-0.15, -0.1) is 0 Å². The first-order valence-electron chi connectivity index (χ1n) is 10.1. The number of hydrogen-bond acceptors (Lipinski definition) is 5. The van der Waals surface area contributed by atoms with Crippen LogP contribution in [0, 0.1) is 0 Å². The van der Waals surface area contributed by atoms with E-state index < -0.39 is 11.8 Å². The zero-order valence-corrected chi connectivity index (χ0v) is 17.7. The zero-order chi connectivity index (χ0) is 22.2. The summed E-state index contributed by atoms with van der Waals surface area (Å²) in [4.78, 5) is 32.9. The number of aryl methyl sites for hydroxylation is 1. The number of phenolic OH excluding ortho intramolecular Hbond substituents is 1. The molecule has 0 saturated heterocycles. The van der Waals surface area contributed by atoms with Gasteiger partial charge in [-0.2, -0.15) is 0 Å². The summed E-state index contributed by atoms with van der Waals surface area (Å²) in [5.74, 6) is -0.792. The summed E-state index contributed by atoms with van der Waals surface area (Å²) in [6.45, 7) is 1.06. The van der Waals surface area contributed by atoms with Crippen LogP contribution in [0.4, 0.5) is 0 Å². The van der Waals surface area contributed by atoms with Crippen LogP contribution in [0.1, 0.15) is 17.5 Å². The molecule has 2 amide bonds. The van der Waals surface area contributed by atoms with E-state index in [1.165, 1.54) is 0 Å². The lowest BCUT2D eigenvalue weighted by atomic mass is 9.95. The Kier molecular flexibility index (Phi) is 4.93. The molecule has 2 aromatic carbocycles. The SMILES string of the molecule is O=C1NC(=O)C(c2cn(CCCN=C=S)c3c(O)cccc23)=C1c1c[nH]c2ccccc12. The van der Waals surface area contributed by atoms with Gasteiger partial charge >= 0.3 is 0 Å². The van der Waals surface area contributed by atoms with Gasteiger partial charge in [-0.3, -0.25) is 14.9 Å². The molecule has 0 radical (unpaired) electrons. The molecule has 0 bridgehead atoms. The molecule has 7 nitrogen and oxygen atoms in total. The second-order valence-corrected chi connectivity index (χ2v) is 7.70. The molecule has 0 aliphatic carbocycles. The number of imide groups is 1. The van der Waals surface area contributed by atoms with E-state index in [-0.39, 0.29) is 5.75 Å². The van der Waals surface area contributed by atoms with E-state index >= 15 is 0 Å². The number of fused-ring (bicyclic) bond motifs is 2. The average Bonchev–Trinajstić information content (AvgIpc) is 3.45. The molecule has 8 heteroatoms. The first-order valence-corrected chi connectivity index (χ1v) is 10.5. The lowest BCUT2D eigenvalue weighted by molar-refractivity contribution is -0.122. The summed E-state index contributed by atoms with van der Waals surface area (Å²) in [7, 11) is 0. The van der Waals surface area contributed by atoms with Crippen molar-refractivity contribution in [1.29, 1.82) is 0 Å². The molecule has 0 spiro atoms. The molecule has 158 valence electrons. The number of hydrogen-bond donors (Lipinski definition) is 3. The number of para-hydroxylation sites is 2. The smallest absolute Gasteiger partial charge is 0.259 e. The lowest BCUT2D eigenvalue weighted by Gasteiger charge is -2.04. The molecule has 0 unspecified atom stereocenters. The molecule has 3 heterocycles. The molecule has 2 aromatic heterocycles. The van der Waals surface area contributed by atoms with Gasteiger partial charge in [-0.25, -0.2) is 4.99 Å². The molecule has 1 aliphatic rings. The molecule has 0 saturated carbocycles.